The second kappa shape index (κ2) is 48.5. The normalized spacial score (nSPS) is 7.03. The molecule has 0 aliphatic heterocycles. The average molecular weight is 491 g/mol. The molecule has 0 bridgehead atoms. The molecule has 0 saturated carbocycles. The summed E-state index contributed by atoms with van der Waals surface area (Å²) in [4.78, 5) is 0. The molecule has 3 aromatic carbocycles. The van der Waals surface area contributed by atoms with E-state index in [1.54, 1.807) is 72.8 Å². The number of aromatic hydroxyl groups is 3. The number of para-hydroxylation sites is 3. The van der Waals surface area contributed by atoms with E-state index in [0.717, 1.165) is 0 Å². The van der Waals surface area contributed by atoms with Gasteiger partial charge in [0.2, 0.25) is 0 Å². The summed E-state index contributed by atoms with van der Waals surface area (Å²) in [6, 6.07) is 26.1. The lowest BCUT2D eigenvalue weighted by Gasteiger charge is -1.82. The Kier molecular flexibility index (Phi) is 63.1. The van der Waals surface area contributed by atoms with Crippen LogP contribution in [-0.2, 0) is 0 Å². The van der Waals surface area contributed by atoms with E-state index in [1.165, 1.54) is 19.3 Å². The first-order chi connectivity index (χ1) is 16.5. The highest BCUT2D eigenvalue weighted by Crippen LogP contribution is 2.04. The lowest BCUT2D eigenvalue weighted by molar-refractivity contribution is 0.475. The highest BCUT2D eigenvalue weighted by Gasteiger charge is 1.76. The topological polar surface area (TPSA) is 60.7 Å². The molecule has 0 radical (unpaired) electrons. The van der Waals surface area contributed by atoms with Crippen LogP contribution in [0.3, 0.4) is 0 Å². The van der Waals surface area contributed by atoms with E-state index in [-0.39, 0.29) is 7.43 Å². The van der Waals surface area contributed by atoms with Crippen molar-refractivity contribution in [2.45, 2.75) is 95.9 Å². The largest absolute Gasteiger partial charge is 0.508 e. The molecule has 0 aliphatic carbocycles. The first kappa shape index (κ1) is 45.5. The van der Waals surface area contributed by atoms with Crippen LogP contribution in [-0.4, -0.2) is 15.3 Å². The van der Waals surface area contributed by atoms with Crippen LogP contribution in [0.4, 0.5) is 0 Å². The Labute approximate surface area is 219 Å². The quantitative estimate of drug-likeness (QED) is 0.318. The van der Waals surface area contributed by atoms with Crippen molar-refractivity contribution in [1.82, 2.24) is 0 Å². The van der Waals surface area contributed by atoms with Gasteiger partial charge in [-0.15, -0.1) is 0 Å². The molecule has 0 unspecified atom stereocenters. The lowest BCUT2D eigenvalue weighted by atomic mass is 10.3. The molecule has 3 N–H and O–H groups in total. The molecule has 3 heteroatoms. The number of phenols is 3. The van der Waals surface area contributed by atoms with Gasteiger partial charge in [-0.1, -0.05) is 151 Å². The van der Waals surface area contributed by atoms with Gasteiger partial charge in [0.25, 0.3) is 0 Å². The SMILES string of the molecule is C.CC.CC.CC.CCC.CCCC.Oc1ccccc1.Oc1ccccc1.Oc1ccccc1. The van der Waals surface area contributed by atoms with Crippen molar-refractivity contribution in [3.05, 3.63) is 91.0 Å². The molecule has 3 aromatic rings. The van der Waals surface area contributed by atoms with Gasteiger partial charge in [-0.25, -0.2) is 0 Å². The second-order valence-corrected chi connectivity index (χ2v) is 5.71. The van der Waals surface area contributed by atoms with E-state index in [0.29, 0.717) is 17.2 Å². The van der Waals surface area contributed by atoms with E-state index in [1.807, 2.05) is 59.7 Å². The Balaban J connectivity index is -0.0000000725. The van der Waals surface area contributed by atoms with Crippen molar-refractivity contribution >= 4 is 0 Å². The van der Waals surface area contributed by atoms with Gasteiger partial charge in [-0.05, 0) is 36.4 Å². The monoisotopic (exact) mass is 490 g/mol. The molecule has 0 atom stereocenters. The van der Waals surface area contributed by atoms with Gasteiger partial charge in [0, 0.05) is 0 Å². The zero-order chi connectivity index (χ0) is 27.5. The van der Waals surface area contributed by atoms with Gasteiger partial charge in [-0.2, -0.15) is 0 Å². The number of phenolic OH excluding ortho intramolecular Hbond substituents is 3. The van der Waals surface area contributed by atoms with Crippen LogP contribution >= 0.6 is 0 Å². The highest BCUT2D eigenvalue weighted by atomic mass is 16.3. The number of hydrogen-bond donors (Lipinski definition) is 3. The van der Waals surface area contributed by atoms with Crippen LogP contribution in [0.2, 0.25) is 0 Å². The van der Waals surface area contributed by atoms with Crippen LogP contribution in [0.1, 0.15) is 95.9 Å². The third-order valence-electron chi connectivity index (χ3n) is 2.77. The van der Waals surface area contributed by atoms with Crippen LogP contribution < -0.4 is 0 Å². The standard InChI is InChI=1S/3C6H6O.C4H10.C3H8.3C2H6.CH4/c3*7-6-4-2-1-3-5-6;1-3-4-2;1-3-2;3*1-2;/h3*1-5,7H;3-4H2,1-2H3;3H2,1-2H3;3*1-2H3;1H4. The third-order valence-corrected chi connectivity index (χ3v) is 2.77. The summed E-state index contributed by atoms with van der Waals surface area (Å²) in [5.74, 6) is 0.965. The summed E-state index contributed by atoms with van der Waals surface area (Å²) < 4.78 is 0. The molecule has 0 fully saturated rings. The van der Waals surface area contributed by atoms with Gasteiger partial charge >= 0.3 is 0 Å². The minimum Gasteiger partial charge on any atom is -0.508 e. The van der Waals surface area contributed by atoms with Crippen molar-refractivity contribution in [2.75, 3.05) is 0 Å². The van der Waals surface area contributed by atoms with Gasteiger partial charge in [0.1, 0.15) is 17.2 Å². The summed E-state index contributed by atoms with van der Waals surface area (Å²) >= 11 is 0. The van der Waals surface area contributed by atoms with Crippen LogP contribution in [0, 0.1) is 0 Å². The van der Waals surface area contributed by atoms with Crippen molar-refractivity contribution in [1.29, 1.82) is 0 Å². The predicted molar refractivity (Wildman–Crippen MR) is 162 cm³/mol. The van der Waals surface area contributed by atoms with E-state index in [2.05, 4.69) is 27.7 Å². The first-order valence-electron chi connectivity index (χ1n) is 12.7. The summed E-state index contributed by atoms with van der Waals surface area (Å²) in [5.41, 5.74) is 0. The molecule has 0 aromatic heterocycles. The molecule has 0 spiro atoms. The Morgan fingerprint density at radius 1 is 0.400 bits per heavy atom. The van der Waals surface area contributed by atoms with Crippen LogP contribution in [0.15, 0.2) is 91.0 Å². The molecular weight excluding hydrogens is 432 g/mol. The van der Waals surface area contributed by atoms with E-state index in [4.69, 9.17) is 15.3 Å². The summed E-state index contributed by atoms with van der Waals surface area (Å²) in [7, 11) is 0. The minimum absolute atomic E-state index is 0. The zero-order valence-electron chi connectivity index (χ0n) is 23.6. The summed E-state index contributed by atoms with van der Waals surface area (Å²) in [6.45, 7) is 20.6. The molecule has 35 heavy (non-hydrogen) atoms. The summed E-state index contributed by atoms with van der Waals surface area (Å²) in [5, 5.41) is 25.9. The van der Waals surface area contributed by atoms with Gasteiger partial charge in [0.15, 0.2) is 0 Å². The maximum Gasteiger partial charge on any atom is 0.115 e. The minimum atomic E-state index is 0. The smallest absolute Gasteiger partial charge is 0.115 e. The Bertz CT molecular complexity index is 536. The molecule has 0 saturated heterocycles. The Hall–Kier alpha value is -2.94. The maximum absolute atomic E-state index is 8.63. The maximum atomic E-state index is 8.63. The molecule has 0 heterocycles. The molecule has 204 valence electrons. The van der Waals surface area contributed by atoms with E-state index < -0.39 is 0 Å². The van der Waals surface area contributed by atoms with Gasteiger partial charge in [0.05, 0.1) is 0 Å². The van der Waals surface area contributed by atoms with E-state index >= 15 is 0 Å². The Morgan fingerprint density at radius 2 is 0.543 bits per heavy atom. The molecule has 3 rings (SSSR count). The number of benzene rings is 3. The molecule has 0 amide bonds. The second-order valence-electron chi connectivity index (χ2n) is 5.71. The fourth-order valence-electron chi connectivity index (χ4n) is 1.28. The average Bonchev–Trinajstić information content (AvgIpc) is 2.90. The lowest BCUT2D eigenvalue weighted by Crippen LogP contribution is -1.56. The molecule has 3 nitrogen and oxygen atoms in total. The van der Waals surface area contributed by atoms with Crippen molar-refractivity contribution in [2.24, 2.45) is 0 Å². The number of unbranched alkanes of at least 4 members (excludes halogenated alkanes) is 1. The predicted octanol–water partition coefficient (Wildman–Crippen LogP) is 11.1. The highest BCUT2D eigenvalue weighted by molar-refractivity contribution is 5.19. The Morgan fingerprint density at radius 3 is 0.600 bits per heavy atom. The van der Waals surface area contributed by atoms with Gasteiger partial charge in [-0.3, -0.25) is 0 Å². The van der Waals surface area contributed by atoms with Crippen LogP contribution in [0.25, 0.3) is 0 Å². The van der Waals surface area contributed by atoms with Crippen LogP contribution in [0.5, 0.6) is 17.2 Å². The molecule has 0 aliphatic rings. The first-order valence-corrected chi connectivity index (χ1v) is 12.7. The fraction of sp³-hybridized carbons (Fsp3) is 0.438. The number of hydrogen-bond acceptors (Lipinski definition) is 3. The van der Waals surface area contributed by atoms with Crippen molar-refractivity contribution in [3.8, 4) is 17.2 Å². The summed E-state index contributed by atoms with van der Waals surface area (Å²) in [6.07, 6.45) is 3.89. The fourth-order valence-corrected chi connectivity index (χ4v) is 1.28. The molecular formula is C32H58O3. The van der Waals surface area contributed by atoms with Crippen molar-refractivity contribution < 1.29 is 15.3 Å². The van der Waals surface area contributed by atoms with Gasteiger partial charge < -0.3 is 15.3 Å². The third kappa shape index (κ3) is 53.9. The zero-order valence-corrected chi connectivity index (χ0v) is 23.6. The number of rotatable bonds is 1. The van der Waals surface area contributed by atoms with Crippen molar-refractivity contribution in [3.63, 3.8) is 0 Å². The van der Waals surface area contributed by atoms with E-state index in [9.17, 15) is 0 Å².